The van der Waals surface area contributed by atoms with Gasteiger partial charge in [-0.2, -0.15) is 0 Å². The molecule has 0 unspecified atom stereocenters. The monoisotopic (exact) mass is 347 g/mol. The van der Waals surface area contributed by atoms with Gasteiger partial charge in [0.05, 0.1) is 0 Å². The minimum absolute atomic E-state index is 0.274. The van der Waals surface area contributed by atoms with Crippen LogP contribution in [-0.2, 0) is 0 Å². The summed E-state index contributed by atoms with van der Waals surface area (Å²) in [4.78, 5) is 23.2. The number of para-hydroxylation sites is 1. The fraction of sp³-hybridized carbons (Fsp3) is 0.150. The number of rotatable bonds is 5. The third-order valence-electron chi connectivity index (χ3n) is 3.76. The first-order valence-electron chi connectivity index (χ1n) is 8.28. The van der Waals surface area contributed by atoms with Crippen molar-refractivity contribution >= 4 is 28.9 Å². The van der Waals surface area contributed by atoms with Gasteiger partial charge in [-0.3, -0.25) is 4.79 Å². The molecule has 132 valence electrons. The summed E-state index contributed by atoms with van der Waals surface area (Å²) in [5.74, 6) is 0.119. The number of aromatic nitrogens is 2. The molecule has 0 radical (unpaired) electrons. The zero-order valence-electron chi connectivity index (χ0n) is 15.0. The largest absolute Gasteiger partial charge is 0.378 e. The first-order chi connectivity index (χ1) is 12.5. The van der Waals surface area contributed by atoms with Crippen LogP contribution in [0.2, 0.25) is 0 Å². The van der Waals surface area contributed by atoms with Gasteiger partial charge in [0, 0.05) is 36.9 Å². The van der Waals surface area contributed by atoms with E-state index in [0.29, 0.717) is 17.3 Å². The highest BCUT2D eigenvalue weighted by molar-refractivity contribution is 6.03. The Balaban J connectivity index is 1.76. The standard InChI is InChI=1S/C20H21N5O/c1-14-13-18(24-20(21-14)23-15-7-5-4-6-8-15)19(26)22-16-9-11-17(12-10-16)25(2)3/h4-13H,1-3H3,(H,22,26)(H,21,23,24). The third-order valence-corrected chi connectivity index (χ3v) is 3.76. The van der Waals surface area contributed by atoms with Gasteiger partial charge < -0.3 is 15.5 Å². The molecule has 0 atom stereocenters. The molecule has 2 aromatic carbocycles. The lowest BCUT2D eigenvalue weighted by Gasteiger charge is -2.13. The summed E-state index contributed by atoms with van der Waals surface area (Å²) in [6.45, 7) is 1.83. The molecule has 0 spiro atoms. The minimum Gasteiger partial charge on any atom is -0.378 e. The van der Waals surface area contributed by atoms with E-state index in [4.69, 9.17) is 0 Å². The second-order valence-electron chi connectivity index (χ2n) is 6.10. The van der Waals surface area contributed by atoms with Gasteiger partial charge >= 0.3 is 0 Å². The Labute approximate surface area is 152 Å². The van der Waals surface area contributed by atoms with Crippen LogP contribution in [0.4, 0.5) is 23.0 Å². The summed E-state index contributed by atoms with van der Waals surface area (Å²) < 4.78 is 0. The summed E-state index contributed by atoms with van der Waals surface area (Å²) in [7, 11) is 3.94. The SMILES string of the molecule is Cc1cc(C(=O)Nc2ccc(N(C)C)cc2)nc(Nc2ccccc2)n1. The molecule has 3 rings (SSSR count). The van der Waals surface area contributed by atoms with Crippen LogP contribution in [0.5, 0.6) is 0 Å². The van der Waals surface area contributed by atoms with Gasteiger partial charge in [0.15, 0.2) is 0 Å². The fourth-order valence-corrected chi connectivity index (χ4v) is 2.43. The van der Waals surface area contributed by atoms with E-state index in [9.17, 15) is 4.79 Å². The Kier molecular flexibility index (Phi) is 5.12. The normalized spacial score (nSPS) is 10.3. The highest BCUT2D eigenvalue weighted by atomic mass is 16.1. The number of nitrogens with zero attached hydrogens (tertiary/aromatic N) is 3. The van der Waals surface area contributed by atoms with Crippen LogP contribution >= 0.6 is 0 Å². The Morgan fingerprint density at radius 1 is 0.923 bits per heavy atom. The Morgan fingerprint density at radius 3 is 2.27 bits per heavy atom. The van der Waals surface area contributed by atoms with Crippen molar-refractivity contribution in [3.05, 3.63) is 72.1 Å². The van der Waals surface area contributed by atoms with Crippen molar-refractivity contribution in [1.82, 2.24) is 9.97 Å². The van der Waals surface area contributed by atoms with Crippen molar-refractivity contribution in [3.8, 4) is 0 Å². The zero-order chi connectivity index (χ0) is 18.5. The molecule has 0 aliphatic heterocycles. The van der Waals surface area contributed by atoms with Crippen LogP contribution < -0.4 is 15.5 Å². The fourth-order valence-electron chi connectivity index (χ4n) is 2.43. The average Bonchev–Trinajstić information content (AvgIpc) is 2.62. The van der Waals surface area contributed by atoms with Crippen LogP contribution in [0.1, 0.15) is 16.2 Å². The van der Waals surface area contributed by atoms with E-state index >= 15 is 0 Å². The molecule has 0 saturated carbocycles. The quantitative estimate of drug-likeness (QED) is 0.734. The smallest absolute Gasteiger partial charge is 0.274 e. The molecule has 1 aromatic heterocycles. The molecule has 3 aromatic rings. The van der Waals surface area contributed by atoms with Gasteiger partial charge in [0.25, 0.3) is 5.91 Å². The molecule has 6 nitrogen and oxygen atoms in total. The highest BCUT2D eigenvalue weighted by Gasteiger charge is 2.11. The van der Waals surface area contributed by atoms with E-state index < -0.39 is 0 Å². The van der Waals surface area contributed by atoms with E-state index in [2.05, 4.69) is 20.6 Å². The van der Waals surface area contributed by atoms with Crippen molar-refractivity contribution in [2.75, 3.05) is 29.6 Å². The number of amides is 1. The molecule has 0 saturated heterocycles. The van der Waals surface area contributed by atoms with E-state index in [1.165, 1.54) is 0 Å². The number of carbonyl (C=O) groups excluding carboxylic acids is 1. The van der Waals surface area contributed by atoms with Crippen molar-refractivity contribution in [2.45, 2.75) is 6.92 Å². The summed E-state index contributed by atoms with van der Waals surface area (Å²) >= 11 is 0. The van der Waals surface area contributed by atoms with Crippen LogP contribution in [0, 0.1) is 6.92 Å². The van der Waals surface area contributed by atoms with Gasteiger partial charge in [-0.1, -0.05) is 18.2 Å². The first kappa shape index (κ1) is 17.4. The van der Waals surface area contributed by atoms with Crippen LogP contribution in [-0.4, -0.2) is 30.0 Å². The summed E-state index contributed by atoms with van der Waals surface area (Å²) in [6.07, 6.45) is 0. The third kappa shape index (κ3) is 4.36. The lowest BCUT2D eigenvalue weighted by Crippen LogP contribution is -2.15. The minimum atomic E-state index is -0.274. The number of carbonyl (C=O) groups is 1. The maximum absolute atomic E-state index is 12.6. The number of hydrogen-bond acceptors (Lipinski definition) is 5. The molecule has 6 heteroatoms. The van der Waals surface area contributed by atoms with Crippen molar-refractivity contribution in [1.29, 1.82) is 0 Å². The molecule has 0 bridgehead atoms. The predicted molar refractivity (Wildman–Crippen MR) is 105 cm³/mol. The van der Waals surface area contributed by atoms with Gasteiger partial charge in [-0.25, -0.2) is 9.97 Å². The van der Waals surface area contributed by atoms with Crippen LogP contribution in [0.25, 0.3) is 0 Å². The van der Waals surface area contributed by atoms with Crippen molar-refractivity contribution < 1.29 is 4.79 Å². The average molecular weight is 347 g/mol. The molecule has 0 aliphatic rings. The zero-order valence-corrected chi connectivity index (χ0v) is 15.0. The number of benzene rings is 2. The van der Waals surface area contributed by atoms with E-state index in [0.717, 1.165) is 17.1 Å². The summed E-state index contributed by atoms with van der Waals surface area (Å²) in [5, 5.41) is 5.98. The first-order valence-corrected chi connectivity index (χ1v) is 8.28. The summed E-state index contributed by atoms with van der Waals surface area (Å²) in [5.41, 5.74) is 3.67. The van der Waals surface area contributed by atoms with Gasteiger partial charge in [-0.15, -0.1) is 0 Å². The van der Waals surface area contributed by atoms with Crippen LogP contribution in [0.3, 0.4) is 0 Å². The lowest BCUT2D eigenvalue weighted by atomic mass is 10.2. The molecule has 1 amide bonds. The van der Waals surface area contributed by atoms with Crippen molar-refractivity contribution in [2.24, 2.45) is 0 Å². The number of nitrogens with one attached hydrogen (secondary N) is 2. The van der Waals surface area contributed by atoms with Crippen molar-refractivity contribution in [3.63, 3.8) is 0 Å². The van der Waals surface area contributed by atoms with Gasteiger partial charge in [0.1, 0.15) is 5.69 Å². The lowest BCUT2D eigenvalue weighted by molar-refractivity contribution is 0.102. The molecule has 0 fully saturated rings. The van der Waals surface area contributed by atoms with Gasteiger partial charge in [0.2, 0.25) is 5.95 Å². The second-order valence-corrected chi connectivity index (χ2v) is 6.10. The maximum Gasteiger partial charge on any atom is 0.274 e. The van der Waals surface area contributed by atoms with E-state index in [1.807, 2.05) is 80.5 Å². The number of hydrogen-bond donors (Lipinski definition) is 2. The predicted octanol–water partition coefficient (Wildman–Crippen LogP) is 3.85. The molecule has 1 heterocycles. The van der Waals surface area contributed by atoms with E-state index in [-0.39, 0.29) is 5.91 Å². The second kappa shape index (κ2) is 7.65. The molecule has 26 heavy (non-hydrogen) atoms. The Hall–Kier alpha value is -3.41. The Morgan fingerprint density at radius 2 is 1.62 bits per heavy atom. The Bertz CT molecular complexity index is 892. The highest BCUT2D eigenvalue weighted by Crippen LogP contribution is 2.17. The summed E-state index contributed by atoms with van der Waals surface area (Å²) in [6, 6.07) is 18.9. The maximum atomic E-state index is 12.6. The number of aryl methyl sites for hydroxylation is 1. The molecular weight excluding hydrogens is 326 g/mol. The van der Waals surface area contributed by atoms with Crippen LogP contribution in [0.15, 0.2) is 60.7 Å². The van der Waals surface area contributed by atoms with Gasteiger partial charge in [-0.05, 0) is 49.4 Å². The molecule has 2 N–H and O–H groups in total. The topological polar surface area (TPSA) is 70.2 Å². The number of anilines is 4. The van der Waals surface area contributed by atoms with E-state index in [1.54, 1.807) is 6.07 Å². The molecule has 0 aliphatic carbocycles. The molecular formula is C20H21N5O.